The number of benzene rings is 1. The van der Waals surface area contributed by atoms with Crippen molar-refractivity contribution >= 4 is 17.7 Å². The zero-order chi connectivity index (χ0) is 16.9. The first-order valence-corrected chi connectivity index (χ1v) is 7.70. The van der Waals surface area contributed by atoms with Crippen LogP contribution in [0.1, 0.15) is 44.7 Å². The summed E-state index contributed by atoms with van der Waals surface area (Å²) in [6, 6.07) is 8.35. The van der Waals surface area contributed by atoms with Crippen molar-refractivity contribution in [2.45, 2.75) is 39.2 Å². The van der Waals surface area contributed by atoms with Crippen molar-refractivity contribution in [2.24, 2.45) is 5.41 Å². The molecular formula is C18H21NO4. The van der Waals surface area contributed by atoms with Crippen molar-refractivity contribution < 1.29 is 19.1 Å². The summed E-state index contributed by atoms with van der Waals surface area (Å²) in [5.74, 6) is -0.342. The Balaban J connectivity index is 2.42. The normalized spacial score (nSPS) is 22.1. The fourth-order valence-electron chi connectivity index (χ4n) is 3.19. The van der Waals surface area contributed by atoms with Crippen molar-refractivity contribution in [1.29, 1.82) is 0 Å². The van der Waals surface area contributed by atoms with Gasteiger partial charge in [0.05, 0.1) is 12.3 Å². The minimum Gasteiger partial charge on any atom is -0.419 e. The minimum atomic E-state index is -1.21. The van der Waals surface area contributed by atoms with Gasteiger partial charge in [-0.3, -0.25) is 9.59 Å². The van der Waals surface area contributed by atoms with Crippen LogP contribution in [0.25, 0.3) is 0 Å². The van der Waals surface area contributed by atoms with E-state index in [1.54, 1.807) is 25.1 Å². The van der Waals surface area contributed by atoms with E-state index >= 15 is 0 Å². The smallest absolute Gasteiger partial charge is 0.412 e. The molecule has 2 rings (SSSR count). The molecule has 5 nitrogen and oxygen atoms in total. The second-order valence-corrected chi connectivity index (χ2v) is 5.67. The molecule has 5 heteroatoms. The summed E-state index contributed by atoms with van der Waals surface area (Å²) in [6.45, 7) is 3.14. The summed E-state index contributed by atoms with van der Waals surface area (Å²) in [6.07, 6.45) is 3.59. The Bertz CT molecular complexity index is 623. The van der Waals surface area contributed by atoms with Crippen LogP contribution in [0.2, 0.25) is 0 Å². The van der Waals surface area contributed by atoms with Crippen molar-refractivity contribution in [3.8, 4) is 0 Å². The second kappa shape index (κ2) is 7.22. The molecule has 0 bridgehead atoms. The number of amides is 1. The molecule has 1 aromatic rings. The number of rotatable bonds is 5. The van der Waals surface area contributed by atoms with Crippen LogP contribution in [0.4, 0.5) is 4.79 Å². The molecular weight excluding hydrogens is 294 g/mol. The summed E-state index contributed by atoms with van der Waals surface area (Å²) in [7, 11) is 0. The lowest BCUT2D eigenvalue weighted by Crippen LogP contribution is -2.47. The average molecular weight is 315 g/mol. The lowest BCUT2D eigenvalue weighted by atomic mass is 9.72. The number of carbonyl (C=O) groups excluding carboxylic acids is 3. The molecule has 1 amide bonds. The number of nitrogens with one attached hydrogen (secondary N) is 1. The maximum atomic E-state index is 12.5. The van der Waals surface area contributed by atoms with E-state index in [2.05, 4.69) is 5.32 Å². The molecule has 0 aromatic heterocycles. The number of hydrogen-bond donors (Lipinski definition) is 1. The maximum Gasteiger partial charge on any atom is 0.412 e. The van der Waals surface area contributed by atoms with Crippen LogP contribution >= 0.6 is 0 Å². The van der Waals surface area contributed by atoms with Gasteiger partial charge in [-0.2, -0.15) is 0 Å². The van der Waals surface area contributed by atoms with Crippen LogP contribution in [-0.2, 0) is 14.3 Å². The van der Waals surface area contributed by atoms with E-state index in [4.69, 9.17) is 4.74 Å². The quantitative estimate of drug-likeness (QED) is 0.668. The molecule has 0 radical (unpaired) electrons. The number of allylic oxidation sites excluding steroid dienone is 1. The summed E-state index contributed by atoms with van der Waals surface area (Å²) in [4.78, 5) is 36.9. The van der Waals surface area contributed by atoms with Crippen LogP contribution in [-0.4, -0.2) is 17.7 Å². The summed E-state index contributed by atoms with van der Waals surface area (Å²) >= 11 is 0. The molecule has 2 unspecified atom stereocenters. The number of hydrogen-bond acceptors (Lipinski definition) is 4. The third-order valence-electron chi connectivity index (χ3n) is 4.30. The van der Waals surface area contributed by atoms with E-state index < -0.39 is 17.6 Å². The van der Waals surface area contributed by atoms with E-state index in [0.29, 0.717) is 19.3 Å². The molecule has 1 aliphatic carbocycles. The van der Waals surface area contributed by atoms with Gasteiger partial charge in [-0.1, -0.05) is 36.4 Å². The highest BCUT2D eigenvalue weighted by molar-refractivity contribution is 6.08. The van der Waals surface area contributed by atoms with Crippen LogP contribution < -0.4 is 5.32 Å². The van der Waals surface area contributed by atoms with Crippen LogP contribution in [0, 0.1) is 5.41 Å². The lowest BCUT2D eigenvalue weighted by molar-refractivity contribution is -0.139. The minimum absolute atomic E-state index is 0.120. The van der Waals surface area contributed by atoms with Crippen molar-refractivity contribution in [3.05, 3.63) is 48.2 Å². The first-order valence-electron chi connectivity index (χ1n) is 7.70. The van der Waals surface area contributed by atoms with Crippen molar-refractivity contribution in [3.63, 3.8) is 0 Å². The fourth-order valence-corrected chi connectivity index (χ4v) is 3.19. The van der Waals surface area contributed by atoms with Gasteiger partial charge < -0.3 is 10.1 Å². The van der Waals surface area contributed by atoms with Gasteiger partial charge in [0.25, 0.3) is 0 Å². The zero-order valence-corrected chi connectivity index (χ0v) is 13.4. The molecule has 1 fully saturated rings. The van der Waals surface area contributed by atoms with Gasteiger partial charge in [-0.25, -0.2) is 4.79 Å². The van der Waals surface area contributed by atoms with E-state index in [1.807, 2.05) is 18.2 Å². The summed E-state index contributed by atoms with van der Waals surface area (Å²) < 4.78 is 4.91. The number of carbonyl (C=O) groups is 3. The highest BCUT2D eigenvalue weighted by Crippen LogP contribution is 2.46. The summed E-state index contributed by atoms with van der Waals surface area (Å²) in [5.41, 5.74) is -0.494. The van der Waals surface area contributed by atoms with E-state index in [-0.39, 0.29) is 11.6 Å². The predicted molar refractivity (Wildman–Crippen MR) is 85.6 cm³/mol. The second-order valence-electron chi connectivity index (χ2n) is 5.67. The molecule has 2 atom stereocenters. The Labute approximate surface area is 135 Å². The van der Waals surface area contributed by atoms with E-state index in [9.17, 15) is 14.4 Å². The van der Waals surface area contributed by atoms with Crippen LogP contribution in [0.15, 0.2) is 42.7 Å². The van der Waals surface area contributed by atoms with Gasteiger partial charge in [0.1, 0.15) is 17.0 Å². The molecule has 1 aromatic carbocycles. The van der Waals surface area contributed by atoms with E-state index in [1.165, 1.54) is 13.2 Å². The molecule has 122 valence electrons. The number of ketones is 2. The summed E-state index contributed by atoms with van der Waals surface area (Å²) in [5, 5.41) is 2.71. The molecule has 1 N–H and O–H groups in total. The van der Waals surface area contributed by atoms with Gasteiger partial charge in [0.2, 0.25) is 0 Å². The topological polar surface area (TPSA) is 72.5 Å². The first kappa shape index (κ1) is 16.9. The maximum absolute atomic E-state index is 12.5. The predicted octanol–water partition coefficient (Wildman–Crippen LogP) is 3.32. The Morgan fingerprint density at radius 1 is 1.30 bits per heavy atom. The highest BCUT2D eigenvalue weighted by atomic mass is 16.5. The zero-order valence-electron chi connectivity index (χ0n) is 13.4. The van der Waals surface area contributed by atoms with E-state index in [0.717, 1.165) is 5.56 Å². The molecule has 23 heavy (non-hydrogen) atoms. The SMILES string of the molecule is CC=COC(=O)NC(c1ccccc1)C1(C(C)=O)CCCC1=O. The van der Waals surface area contributed by atoms with Gasteiger partial charge in [0, 0.05) is 6.42 Å². The van der Waals surface area contributed by atoms with Gasteiger partial charge in [-0.05, 0) is 32.3 Å². The Morgan fingerprint density at radius 3 is 2.52 bits per heavy atom. The molecule has 1 aliphatic rings. The largest absolute Gasteiger partial charge is 0.419 e. The first-order chi connectivity index (χ1) is 11.0. The lowest BCUT2D eigenvalue weighted by Gasteiger charge is -2.34. The van der Waals surface area contributed by atoms with Crippen molar-refractivity contribution in [2.75, 3.05) is 0 Å². The van der Waals surface area contributed by atoms with Crippen LogP contribution in [0.5, 0.6) is 0 Å². The monoisotopic (exact) mass is 315 g/mol. The van der Waals surface area contributed by atoms with Crippen LogP contribution in [0.3, 0.4) is 0 Å². The average Bonchev–Trinajstić information content (AvgIpc) is 2.94. The molecule has 0 aliphatic heterocycles. The standard InChI is InChI=1S/C18H21NO4/c1-3-12-23-17(22)19-16(14-8-5-4-6-9-14)18(13(2)20)11-7-10-15(18)21/h3-6,8-9,12,16H,7,10-11H2,1-2H3,(H,19,22). The molecule has 0 heterocycles. The van der Waals surface area contributed by atoms with Crippen molar-refractivity contribution in [1.82, 2.24) is 5.32 Å². The fraction of sp³-hybridized carbons (Fsp3) is 0.389. The van der Waals surface area contributed by atoms with Gasteiger partial charge in [-0.15, -0.1) is 0 Å². The highest BCUT2D eigenvalue weighted by Gasteiger charge is 2.53. The number of Topliss-reactive ketones (excluding diaryl/α,β-unsaturated/α-hetero) is 2. The molecule has 0 spiro atoms. The van der Waals surface area contributed by atoms with Gasteiger partial charge >= 0.3 is 6.09 Å². The van der Waals surface area contributed by atoms with Gasteiger partial charge in [0.15, 0.2) is 0 Å². The Kier molecular flexibility index (Phi) is 5.32. The molecule has 1 saturated carbocycles. The Hall–Kier alpha value is -2.43. The Morgan fingerprint density at radius 2 is 2.00 bits per heavy atom. The number of ether oxygens (including phenoxy) is 1. The third kappa shape index (κ3) is 3.33. The molecule has 0 saturated heterocycles. The third-order valence-corrected chi connectivity index (χ3v) is 4.30. The number of alkyl carbamates (subject to hydrolysis) is 1.